The van der Waals surface area contributed by atoms with Gasteiger partial charge in [0.05, 0.1) is 17.0 Å². The second-order valence-corrected chi connectivity index (χ2v) is 11.0. The van der Waals surface area contributed by atoms with Gasteiger partial charge in [0, 0.05) is 38.3 Å². The van der Waals surface area contributed by atoms with Crippen LogP contribution in [0, 0.1) is 11.3 Å². The second-order valence-electron chi connectivity index (χ2n) is 9.05. The Morgan fingerprint density at radius 1 is 1.00 bits per heavy atom. The smallest absolute Gasteiger partial charge is 0.244 e. The number of sulfonamides is 1. The first kappa shape index (κ1) is 22.1. The lowest BCUT2D eigenvalue weighted by molar-refractivity contribution is -0.134. The number of hydrogen-bond acceptors (Lipinski definition) is 5. The second kappa shape index (κ2) is 8.90. The summed E-state index contributed by atoms with van der Waals surface area (Å²) in [5.41, 5.74) is 2.88. The zero-order valence-corrected chi connectivity index (χ0v) is 19.4. The number of aryl methyl sites for hydroxylation is 1. The number of carbonyl (C=O) groups is 1. The quantitative estimate of drug-likeness (QED) is 0.656. The van der Waals surface area contributed by atoms with Gasteiger partial charge in [-0.1, -0.05) is 36.4 Å². The average Bonchev–Trinajstić information content (AvgIpc) is 3.61. The van der Waals surface area contributed by atoms with Gasteiger partial charge in [0.1, 0.15) is 6.07 Å². The monoisotopic (exact) mass is 464 g/mol. The predicted octanol–water partition coefficient (Wildman–Crippen LogP) is 2.54. The molecule has 1 unspecified atom stereocenters. The van der Waals surface area contributed by atoms with Crippen LogP contribution >= 0.6 is 0 Å². The van der Waals surface area contributed by atoms with Gasteiger partial charge in [0.25, 0.3) is 0 Å². The molecule has 8 heteroatoms. The van der Waals surface area contributed by atoms with Gasteiger partial charge < -0.3 is 4.90 Å². The van der Waals surface area contributed by atoms with Crippen molar-refractivity contribution in [3.05, 3.63) is 65.2 Å². The molecule has 1 heterocycles. The van der Waals surface area contributed by atoms with Crippen molar-refractivity contribution in [1.29, 1.82) is 5.26 Å². The van der Waals surface area contributed by atoms with Crippen molar-refractivity contribution in [2.75, 3.05) is 32.7 Å². The number of hydrogen-bond donors (Lipinski definition) is 0. The van der Waals surface area contributed by atoms with Crippen molar-refractivity contribution >= 4 is 15.9 Å². The van der Waals surface area contributed by atoms with Gasteiger partial charge in [-0.15, -0.1) is 0 Å². The Kier molecular flexibility index (Phi) is 5.95. The van der Waals surface area contributed by atoms with E-state index in [2.05, 4.69) is 29.2 Å². The van der Waals surface area contributed by atoms with Crippen LogP contribution in [0.2, 0.25) is 0 Å². The van der Waals surface area contributed by atoms with Crippen LogP contribution in [0.15, 0.2) is 53.4 Å². The molecular formula is C25H28N4O3S. The third-order valence-corrected chi connectivity index (χ3v) is 9.01. The fraction of sp³-hybridized carbons (Fsp3) is 0.440. The van der Waals surface area contributed by atoms with Crippen LogP contribution in [0.25, 0.3) is 0 Å². The minimum atomic E-state index is -3.76. The lowest BCUT2D eigenvalue weighted by Gasteiger charge is -2.36. The van der Waals surface area contributed by atoms with Crippen molar-refractivity contribution in [3.8, 4) is 6.07 Å². The highest BCUT2D eigenvalue weighted by atomic mass is 32.2. The van der Waals surface area contributed by atoms with E-state index in [4.69, 9.17) is 0 Å². The van der Waals surface area contributed by atoms with Crippen LogP contribution in [-0.2, 0) is 21.2 Å². The Labute approximate surface area is 195 Å². The number of nitriles is 1. The fourth-order valence-corrected chi connectivity index (χ4v) is 6.70. The van der Waals surface area contributed by atoms with Gasteiger partial charge in [-0.25, -0.2) is 8.42 Å². The van der Waals surface area contributed by atoms with Crippen LogP contribution in [0.1, 0.15) is 42.0 Å². The Hall–Kier alpha value is -2.73. The SMILES string of the molecule is N#Cc1ccccc1S(=O)(=O)N1CCN(C(=O)CN(C2CC2)C2CCc3ccccc32)CC1. The van der Waals surface area contributed by atoms with Gasteiger partial charge in [0.2, 0.25) is 15.9 Å². The number of amides is 1. The van der Waals surface area contributed by atoms with Crippen LogP contribution < -0.4 is 0 Å². The summed E-state index contributed by atoms with van der Waals surface area (Å²) in [6.45, 7) is 1.60. The van der Waals surface area contributed by atoms with Crippen molar-refractivity contribution in [3.63, 3.8) is 0 Å². The summed E-state index contributed by atoms with van der Waals surface area (Å²) in [7, 11) is -3.76. The summed E-state index contributed by atoms with van der Waals surface area (Å²) >= 11 is 0. The van der Waals surface area contributed by atoms with Crippen molar-refractivity contribution in [2.45, 2.75) is 42.7 Å². The van der Waals surface area contributed by atoms with Crippen LogP contribution in [-0.4, -0.2) is 67.2 Å². The van der Waals surface area contributed by atoms with E-state index < -0.39 is 10.0 Å². The molecule has 0 bridgehead atoms. The number of nitrogens with zero attached hydrogens (tertiary/aromatic N) is 4. The van der Waals surface area contributed by atoms with Gasteiger partial charge in [0.15, 0.2) is 0 Å². The molecule has 1 saturated carbocycles. The topological polar surface area (TPSA) is 84.7 Å². The molecular weight excluding hydrogens is 436 g/mol. The standard InChI is InChI=1S/C25H28N4O3S/c26-17-20-6-2-4-8-24(20)33(31,32)28-15-13-27(14-16-28)25(30)18-29(21-10-11-21)23-12-9-19-5-1-3-7-22(19)23/h1-8,21,23H,9-16,18H2. The molecule has 172 valence electrons. The molecule has 1 aliphatic heterocycles. The van der Waals surface area contributed by atoms with Gasteiger partial charge >= 0.3 is 0 Å². The molecule has 0 radical (unpaired) electrons. The molecule has 1 atom stereocenters. The first-order valence-electron chi connectivity index (χ1n) is 11.6. The third-order valence-electron chi connectivity index (χ3n) is 7.05. The van der Waals surface area contributed by atoms with E-state index in [-0.39, 0.29) is 29.5 Å². The number of rotatable bonds is 6. The summed E-state index contributed by atoms with van der Waals surface area (Å²) < 4.78 is 27.5. The third kappa shape index (κ3) is 4.29. The molecule has 0 spiro atoms. The summed E-state index contributed by atoms with van der Waals surface area (Å²) in [6.07, 6.45) is 4.37. The van der Waals surface area contributed by atoms with Crippen molar-refractivity contribution in [1.82, 2.24) is 14.1 Å². The average molecular weight is 465 g/mol. The molecule has 5 rings (SSSR count). The largest absolute Gasteiger partial charge is 0.339 e. The summed E-state index contributed by atoms with van der Waals surface area (Å²) in [6, 6.07) is 17.5. The molecule has 0 aromatic heterocycles. The van der Waals surface area contributed by atoms with E-state index in [1.165, 1.54) is 27.6 Å². The van der Waals surface area contributed by atoms with Gasteiger partial charge in [-0.05, 0) is 48.9 Å². The zero-order valence-electron chi connectivity index (χ0n) is 18.6. The Morgan fingerprint density at radius 3 is 2.42 bits per heavy atom. The molecule has 2 aromatic rings. The van der Waals surface area contributed by atoms with E-state index >= 15 is 0 Å². The highest BCUT2D eigenvalue weighted by molar-refractivity contribution is 7.89. The first-order valence-corrected chi connectivity index (χ1v) is 13.0. The summed E-state index contributed by atoms with van der Waals surface area (Å²) in [5.74, 6) is 0.0701. The number of carbonyl (C=O) groups excluding carboxylic acids is 1. The minimum absolute atomic E-state index is 0.0343. The molecule has 33 heavy (non-hydrogen) atoms. The van der Waals surface area contributed by atoms with E-state index in [1.807, 2.05) is 6.07 Å². The number of fused-ring (bicyclic) bond motifs is 1. The number of benzene rings is 2. The van der Waals surface area contributed by atoms with Gasteiger partial charge in [-0.3, -0.25) is 9.69 Å². The van der Waals surface area contributed by atoms with Crippen molar-refractivity contribution in [2.24, 2.45) is 0 Å². The van der Waals surface area contributed by atoms with E-state index in [9.17, 15) is 18.5 Å². The molecule has 2 aromatic carbocycles. The number of piperazine rings is 1. The molecule has 1 saturated heterocycles. The summed E-state index contributed by atoms with van der Waals surface area (Å²) in [5, 5.41) is 9.29. The van der Waals surface area contributed by atoms with Gasteiger partial charge in [-0.2, -0.15) is 9.57 Å². The first-order chi connectivity index (χ1) is 16.0. The molecule has 1 amide bonds. The summed E-state index contributed by atoms with van der Waals surface area (Å²) in [4.78, 5) is 17.4. The molecule has 2 fully saturated rings. The van der Waals surface area contributed by atoms with E-state index in [1.54, 1.807) is 17.0 Å². The Bertz CT molecular complexity index is 1190. The highest BCUT2D eigenvalue weighted by Crippen LogP contribution is 2.41. The predicted molar refractivity (Wildman–Crippen MR) is 124 cm³/mol. The van der Waals surface area contributed by atoms with Crippen LogP contribution in [0.3, 0.4) is 0 Å². The lowest BCUT2D eigenvalue weighted by Crippen LogP contribution is -2.53. The highest BCUT2D eigenvalue weighted by Gasteiger charge is 2.39. The van der Waals surface area contributed by atoms with Crippen LogP contribution in [0.5, 0.6) is 0 Å². The van der Waals surface area contributed by atoms with Crippen molar-refractivity contribution < 1.29 is 13.2 Å². The molecule has 0 N–H and O–H groups in total. The minimum Gasteiger partial charge on any atom is -0.339 e. The van der Waals surface area contributed by atoms with E-state index in [0.29, 0.717) is 31.7 Å². The normalized spacial score (nSPS) is 21.1. The fourth-order valence-electron chi connectivity index (χ4n) is 5.14. The zero-order chi connectivity index (χ0) is 23.0. The molecule has 3 aliphatic rings. The Balaban J connectivity index is 1.24. The lowest BCUT2D eigenvalue weighted by atomic mass is 10.1. The maximum Gasteiger partial charge on any atom is 0.244 e. The Morgan fingerprint density at radius 2 is 1.70 bits per heavy atom. The van der Waals surface area contributed by atoms with E-state index in [0.717, 1.165) is 25.7 Å². The molecule has 7 nitrogen and oxygen atoms in total. The maximum atomic E-state index is 13.2. The molecule has 2 aliphatic carbocycles. The maximum absolute atomic E-state index is 13.2. The van der Waals surface area contributed by atoms with Crippen LogP contribution in [0.4, 0.5) is 0 Å².